The van der Waals surface area contributed by atoms with Gasteiger partial charge in [0.05, 0.1) is 30.4 Å². The number of Topliss-reactive ketones (excluding diaryl/α,β-unsaturated/α-hetero) is 1. The highest BCUT2D eigenvalue weighted by Gasteiger charge is 2.47. The van der Waals surface area contributed by atoms with Crippen molar-refractivity contribution in [2.45, 2.75) is 39.3 Å². The van der Waals surface area contributed by atoms with Crippen LogP contribution in [0.15, 0.2) is 78.4 Å². The Morgan fingerprint density at radius 3 is 2.30 bits per heavy atom. The third-order valence-electron chi connectivity index (χ3n) is 6.17. The van der Waals surface area contributed by atoms with Crippen molar-refractivity contribution in [2.75, 3.05) is 12.0 Å². The maximum atomic E-state index is 13.4. The molecule has 1 atom stereocenters. The Hall–Kier alpha value is -4.39. The van der Waals surface area contributed by atoms with Crippen LogP contribution in [0.25, 0.3) is 5.76 Å². The topological polar surface area (TPSA) is 93.1 Å². The number of benzene rings is 3. The highest BCUT2D eigenvalue weighted by molar-refractivity contribution is 6.51. The number of hydrogen-bond donors (Lipinski definition) is 1. The lowest BCUT2D eigenvalue weighted by atomic mass is 9.94. The molecule has 0 saturated carbocycles. The van der Waals surface area contributed by atoms with E-state index in [9.17, 15) is 19.5 Å². The van der Waals surface area contributed by atoms with E-state index in [0.29, 0.717) is 22.6 Å². The smallest absolute Gasteiger partial charge is 0.337 e. The van der Waals surface area contributed by atoms with Crippen molar-refractivity contribution < 1.29 is 29.0 Å². The maximum absolute atomic E-state index is 13.4. The SMILES string of the molecule is CCc1ccc(C2/C(=C(\O)c3cccc(OC(C)C)c3)C(=O)C(=O)N2c2cccc(C(=O)OC)c2)cc1. The zero-order chi connectivity index (χ0) is 26.7. The fourth-order valence-electron chi connectivity index (χ4n) is 4.39. The number of ether oxygens (including phenoxy) is 2. The molecule has 3 aromatic rings. The van der Waals surface area contributed by atoms with Crippen molar-refractivity contribution in [3.8, 4) is 5.75 Å². The first-order valence-corrected chi connectivity index (χ1v) is 12.1. The van der Waals surface area contributed by atoms with Gasteiger partial charge in [0.2, 0.25) is 0 Å². The standard InChI is InChI=1S/C30H29NO6/c1-5-19-12-14-20(15-13-19)26-25(27(32)21-8-7-11-24(17-21)37-18(2)3)28(33)29(34)31(26)23-10-6-9-22(16-23)30(35)36-4/h6-18,26,32H,5H2,1-4H3/b27-25+. The van der Waals surface area contributed by atoms with Gasteiger partial charge in [0, 0.05) is 11.3 Å². The van der Waals surface area contributed by atoms with Crippen molar-refractivity contribution in [3.05, 3.63) is 101 Å². The van der Waals surface area contributed by atoms with Crippen LogP contribution in [0.5, 0.6) is 5.75 Å². The van der Waals surface area contributed by atoms with E-state index in [4.69, 9.17) is 9.47 Å². The summed E-state index contributed by atoms with van der Waals surface area (Å²) in [6, 6.07) is 19.7. The van der Waals surface area contributed by atoms with Gasteiger partial charge in [-0.25, -0.2) is 4.79 Å². The van der Waals surface area contributed by atoms with Crippen LogP contribution in [0.4, 0.5) is 5.69 Å². The molecule has 1 saturated heterocycles. The van der Waals surface area contributed by atoms with Crippen LogP contribution in [-0.4, -0.2) is 36.0 Å². The van der Waals surface area contributed by atoms with E-state index in [1.165, 1.54) is 18.1 Å². The number of ketones is 1. The fourth-order valence-corrected chi connectivity index (χ4v) is 4.39. The summed E-state index contributed by atoms with van der Waals surface area (Å²) in [6.07, 6.45) is 0.742. The zero-order valence-corrected chi connectivity index (χ0v) is 21.2. The number of aryl methyl sites for hydroxylation is 1. The van der Waals surface area contributed by atoms with E-state index in [1.807, 2.05) is 45.0 Å². The van der Waals surface area contributed by atoms with Crippen LogP contribution < -0.4 is 9.64 Å². The third-order valence-corrected chi connectivity index (χ3v) is 6.17. The number of anilines is 1. The quantitative estimate of drug-likeness (QED) is 0.201. The third kappa shape index (κ3) is 5.11. The average molecular weight is 500 g/mol. The average Bonchev–Trinajstić information content (AvgIpc) is 3.17. The van der Waals surface area contributed by atoms with Crippen LogP contribution in [0.1, 0.15) is 53.9 Å². The lowest BCUT2D eigenvalue weighted by Crippen LogP contribution is -2.29. The van der Waals surface area contributed by atoms with Gasteiger partial charge in [-0.3, -0.25) is 14.5 Å². The second kappa shape index (κ2) is 10.7. The van der Waals surface area contributed by atoms with Gasteiger partial charge in [-0.2, -0.15) is 0 Å². The largest absolute Gasteiger partial charge is 0.507 e. The Labute approximate surface area is 215 Å². The molecule has 0 aromatic heterocycles. The number of hydrogen-bond acceptors (Lipinski definition) is 6. The Balaban J connectivity index is 1.90. The summed E-state index contributed by atoms with van der Waals surface area (Å²) in [7, 11) is 1.27. The van der Waals surface area contributed by atoms with Gasteiger partial charge in [0.15, 0.2) is 0 Å². The highest BCUT2D eigenvalue weighted by Crippen LogP contribution is 2.42. The number of esters is 1. The van der Waals surface area contributed by atoms with Crippen LogP contribution in [0.2, 0.25) is 0 Å². The molecular formula is C30H29NO6. The second-order valence-electron chi connectivity index (χ2n) is 9.00. The second-order valence-corrected chi connectivity index (χ2v) is 9.00. The minimum absolute atomic E-state index is 0.0422. The van der Waals surface area contributed by atoms with E-state index in [2.05, 4.69) is 0 Å². The number of methoxy groups -OCH3 is 1. The summed E-state index contributed by atoms with van der Waals surface area (Å²) in [5.41, 5.74) is 2.63. The summed E-state index contributed by atoms with van der Waals surface area (Å²) in [5.74, 6) is -1.96. The van der Waals surface area contributed by atoms with Crippen LogP contribution in [0.3, 0.4) is 0 Å². The first kappa shape index (κ1) is 25.7. The van der Waals surface area contributed by atoms with Crippen molar-refractivity contribution in [3.63, 3.8) is 0 Å². The molecule has 3 aromatic carbocycles. The maximum Gasteiger partial charge on any atom is 0.337 e. The molecule has 190 valence electrons. The van der Waals surface area contributed by atoms with Crippen molar-refractivity contribution in [2.24, 2.45) is 0 Å². The molecular weight excluding hydrogens is 470 g/mol. The summed E-state index contributed by atoms with van der Waals surface area (Å²) in [6.45, 7) is 5.81. The number of nitrogens with zero attached hydrogens (tertiary/aromatic N) is 1. The predicted molar refractivity (Wildman–Crippen MR) is 141 cm³/mol. The van der Waals surface area contributed by atoms with Gasteiger partial charge in [0.25, 0.3) is 11.7 Å². The number of aliphatic hydroxyl groups is 1. The molecule has 0 spiro atoms. The van der Waals surface area contributed by atoms with E-state index in [0.717, 1.165) is 12.0 Å². The number of aliphatic hydroxyl groups excluding tert-OH is 1. The normalized spacial score (nSPS) is 16.8. The van der Waals surface area contributed by atoms with Crippen molar-refractivity contribution in [1.29, 1.82) is 0 Å². The van der Waals surface area contributed by atoms with Gasteiger partial charge in [0.1, 0.15) is 11.5 Å². The van der Waals surface area contributed by atoms with Gasteiger partial charge in [-0.1, -0.05) is 49.4 Å². The molecule has 0 aliphatic carbocycles. The molecule has 4 rings (SSSR count). The molecule has 7 nitrogen and oxygen atoms in total. The number of carbonyl (C=O) groups excluding carboxylic acids is 3. The van der Waals surface area contributed by atoms with Crippen LogP contribution in [0, 0.1) is 0 Å². The molecule has 0 bridgehead atoms. The van der Waals surface area contributed by atoms with E-state index in [-0.39, 0.29) is 23.0 Å². The minimum Gasteiger partial charge on any atom is -0.507 e. The molecule has 1 N–H and O–H groups in total. The molecule has 1 fully saturated rings. The van der Waals surface area contributed by atoms with Gasteiger partial charge in [-0.15, -0.1) is 0 Å². The predicted octanol–water partition coefficient (Wildman–Crippen LogP) is 5.45. The zero-order valence-electron chi connectivity index (χ0n) is 21.2. The van der Waals surface area contributed by atoms with Crippen molar-refractivity contribution >= 4 is 29.1 Å². The van der Waals surface area contributed by atoms with Gasteiger partial charge in [-0.05, 0) is 61.7 Å². The summed E-state index contributed by atoms with van der Waals surface area (Å²) in [4.78, 5) is 40.3. The number of rotatable bonds is 7. The number of carbonyl (C=O) groups is 3. The molecule has 1 heterocycles. The molecule has 1 aliphatic rings. The van der Waals surface area contributed by atoms with Crippen LogP contribution in [-0.2, 0) is 20.7 Å². The highest BCUT2D eigenvalue weighted by atomic mass is 16.5. The van der Waals surface area contributed by atoms with Crippen molar-refractivity contribution in [1.82, 2.24) is 0 Å². The lowest BCUT2D eigenvalue weighted by molar-refractivity contribution is -0.132. The van der Waals surface area contributed by atoms with E-state index in [1.54, 1.807) is 42.5 Å². The molecule has 7 heteroatoms. The summed E-state index contributed by atoms with van der Waals surface area (Å²) < 4.78 is 10.6. The van der Waals surface area contributed by atoms with E-state index < -0.39 is 23.7 Å². The Bertz CT molecular complexity index is 1370. The molecule has 37 heavy (non-hydrogen) atoms. The number of amides is 1. The summed E-state index contributed by atoms with van der Waals surface area (Å²) in [5, 5.41) is 11.4. The minimum atomic E-state index is -0.909. The Morgan fingerprint density at radius 2 is 1.65 bits per heavy atom. The van der Waals surface area contributed by atoms with Crippen LogP contribution >= 0.6 is 0 Å². The van der Waals surface area contributed by atoms with Gasteiger partial charge < -0.3 is 14.6 Å². The molecule has 1 aliphatic heterocycles. The first-order chi connectivity index (χ1) is 17.7. The lowest BCUT2D eigenvalue weighted by Gasteiger charge is -2.26. The Morgan fingerprint density at radius 1 is 0.973 bits per heavy atom. The van der Waals surface area contributed by atoms with Gasteiger partial charge >= 0.3 is 5.97 Å². The van der Waals surface area contributed by atoms with E-state index >= 15 is 0 Å². The fraction of sp³-hybridized carbons (Fsp3) is 0.233. The Kier molecular flexibility index (Phi) is 7.43. The molecule has 0 radical (unpaired) electrons. The summed E-state index contributed by atoms with van der Waals surface area (Å²) >= 11 is 0. The molecule has 1 unspecified atom stereocenters. The molecule has 1 amide bonds. The monoisotopic (exact) mass is 499 g/mol. The first-order valence-electron chi connectivity index (χ1n) is 12.1.